The molecule has 198 valence electrons. The number of phenols is 1. The summed E-state index contributed by atoms with van der Waals surface area (Å²) >= 11 is 0. The van der Waals surface area contributed by atoms with Crippen LogP contribution in [0.5, 0.6) is 23.0 Å². The molecule has 0 aliphatic rings. The van der Waals surface area contributed by atoms with Crippen LogP contribution in [0.3, 0.4) is 0 Å². The molecule has 0 saturated carbocycles. The van der Waals surface area contributed by atoms with Crippen LogP contribution in [0.1, 0.15) is 18.1 Å². The van der Waals surface area contributed by atoms with Gasteiger partial charge in [-0.1, -0.05) is 0 Å². The standard InChI is InChI=1S/C14H14FNO3.C13H12FN3O2/c1-3-19-13-6-7-16(14(18)9(13)2)10-4-5-11(15)12(17)8-10;1-8-11(4-5-16-13(8)15)19-12-3-2-9(17-7-18)6-10(12)14/h4-8,17H,3H2,1-2H3;2-7H,1H3,(H2,15,16)(H,17,18). The van der Waals surface area contributed by atoms with Gasteiger partial charge in [-0.25, -0.2) is 13.8 Å². The van der Waals surface area contributed by atoms with E-state index in [-0.39, 0.29) is 11.3 Å². The van der Waals surface area contributed by atoms with Crippen molar-refractivity contribution < 1.29 is 28.2 Å². The SMILES string of the molecule is CCOc1ccn(-c2ccc(F)c(O)c2)c(=O)c1C.Cc1c(Oc2ccc(NC=O)cc2F)ccnc1N. The van der Waals surface area contributed by atoms with Crippen molar-refractivity contribution in [3.05, 3.63) is 94.0 Å². The van der Waals surface area contributed by atoms with E-state index in [1.165, 1.54) is 47.3 Å². The smallest absolute Gasteiger partial charge is 0.261 e. The molecule has 0 spiro atoms. The van der Waals surface area contributed by atoms with Crippen molar-refractivity contribution in [1.29, 1.82) is 0 Å². The molecular formula is C27H26F2N4O5. The van der Waals surface area contributed by atoms with Crippen LogP contribution >= 0.6 is 0 Å². The summed E-state index contributed by atoms with van der Waals surface area (Å²) in [6.45, 7) is 5.70. The van der Waals surface area contributed by atoms with Crippen LogP contribution in [0, 0.1) is 25.5 Å². The number of ether oxygens (including phenoxy) is 2. The number of nitrogens with zero attached hydrogens (tertiary/aromatic N) is 2. The van der Waals surface area contributed by atoms with Crippen molar-refractivity contribution in [2.45, 2.75) is 20.8 Å². The molecule has 11 heteroatoms. The summed E-state index contributed by atoms with van der Waals surface area (Å²) in [6.07, 6.45) is 3.49. The van der Waals surface area contributed by atoms with E-state index in [0.717, 1.165) is 6.07 Å². The van der Waals surface area contributed by atoms with Gasteiger partial charge in [-0.2, -0.15) is 0 Å². The number of amides is 1. The van der Waals surface area contributed by atoms with E-state index in [4.69, 9.17) is 15.2 Å². The number of anilines is 2. The minimum absolute atomic E-state index is 0.0464. The second-order valence-electron chi connectivity index (χ2n) is 7.88. The highest BCUT2D eigenvalue weighted by Gasteiger charge is 2.11. The van der Waals surface area contributed by atoms with E-state index in [1.54, 1.807) is 26.0 Å². The first-order chi connectivity index (χ1) is 18.2. The Balaban J connectivity index is 0.000000211. The van der Waals surface area contributed by atoms with Crippen LogP contribution in [-0.4, -0.2) is 27.7 Å². The van der Waals surface area contributed by atoms with Crippen LogP contribution < -0.4 is 26.1 Å². The summed E-state index contributed by atoms with van der Waals surface area (Å²) in [5, 5.41) is 11.7. The van der Waals surface area contributed by atoms with E-state index in [2.05, 4.69) is 10.3 Å². The van der Waals surface area contributed by atoms with Crippen molar-refractivity contribution in [1.82, 2.24) is 9.55 Å². The second-order valence-corrected chi connectivity index (χ2v) is 7.88. The number of carbonyl (C=O) groups excluding carboxylic acids is 1. The number of hydrogen-bond acceptors (Lipinski definition) is 7. The zero-order valence-corrected chi connectivity index (χ0v) is 20.9. The van der Waals surface area contributed by atoms with Crippen LogP contribution in [0.4, 0.5) is 20.3 Å². The molecule has 9 nitrogen and oxygen atoms in total. The van der Waals surface area contributed by atoms with Gasteiger partial charge in [-0.05, 0) is 57.2 Å². The van der Waals surface area contributed by atoms with E-state index < -0.39 is 17.4 Å². The number of pyridine rings is 2. The van der Waals surface area contributed by atoms with Gasteiger partial charge in [0.1, 0.15) is 17.3 Å². The van der Waals surface area contributed by atoms with Gasteiger partial charge >= 0.3 is 0 Å². The van der Waals surface area contributed by atoms with Gasteiger partial charge in [0.05, 0.1) is 17.9 Å². The number of nitrogens with one attached hydrogen (secondary N) is 1. The third kappa shape index (κ3) is 6.44. The largest absolute Gasteiger partial charge is 0.505 e. The van der Waals surface area contributed by atoms with Crippen LogP contribution in [0.2, 0.25) is 0 Å². The quantitative estimate of drug-likeness (QED) is 0.295. The Hall–Kier alpha value is -4.93. The number of carbonyl (C=O) groups is 1. The van der Waals surface area contributed by atoms with Gasteiger partial charge in [0.15, 0.2) is 23.1 Å². The number of rotatable bonds is 7. The average molecular weight is 525 g/mol. The van der Waals surface area contributed by atoms with E-state index in [9.17, 15) is 23.5 Å². The Kier molecular flexibility index (Phi) is 8.99. The summed E-state index contributed by atoms with van der Waals surface area (Å²) in [6, 6.07) is 11.1. The first kappa shape index (κ1) is 27.7. The Morgan fingerprint density at radius 1 is 1.03 bits per heavy atom. The maximum Gasteiger partial charge on any atom is 0.261 e. The highest BCUT2D eigenvalue weighted by molar-refractivity contribution is 5.71. The Labute approximate surface area is 217 Å². The zero-order chi connectivity index (χ0) is 27.8. The normalized spacial score (nSPS) is 10.2. The molecule has 4 aromatic rings. The third-order valence-electron chi connectivity index (χ3n) is 5.36. The van der Waals surface area contributed by atoms with Crippen molar-refractivity contribution in [3.8, 4) is 28.7 Å². The molecule has 2 aromatic carbocycles. The first-order valence-corrected chi connectivity index (χ1v) is 11.4. The maximum absolute atomic E-state index is 13.8. The van der Waals surface area contributed by atoms with Crippen LogP contribution in [-0.2, 0) is 4.79 Å². The number of nitrogens with two attached hydrogens (primary N) is 1. The fourth-order valence-corrected chi connectivity index (χ4v) is 3.29. The second kappa shape index (κ2) is 12.3. The summed E-state index contributed by atoms with van der Waals surface area (Å²) in [7, 11) is 0. The monoisotopic (exact) mass is 524 g/mol. The van der Waals surface area contributed by atoms with Crippen molar-refractivity contribution in [2.24, 2.45) is 0 Å². The summed E-state index contributed by atoms with van der Waals surface area (Å²) < 4.78 is 38.9. The maximum atomic E-state index is 13.8. The molecule has 0 unspecified atom stereocenters. The number of aromatic hydroxyl groups is 1. The average Bonchev–Trinajstić information content (AvgIpc) is 2.89. The molecule has 4 rings (SSSR count). The van der Waals surface area contributed by atoms with Crippen LogP contribution in [0.25, 0.3) is 5.69 Å². The number of hydrogen-bond donors (Lipinski definition) is 3. The number of aromatic nitrogens is 2. The Bertz CT molecular complexity index is 1510. The molecule has 1 amide bonds. The lowest BCUT2D eigenvalue weighted by molar-refractivity contribution is -0.105. The summed E-state index contributed by atoms with van der Waals surface area (Å²) in [4.78, 5) is 26.3. The van der Waals surface area contributed by atoms with Gasteiger partial charge in [0.2, 0.25) is 6.41 Å². The molecule has 0 fully saturated rings. The molecule has 0 saturated heterocycles. The molecule has 0 bridgehead atoms. The van der Waals surface area contributed by atoms with Gasteiger partial charge < -0.3 is 25.6 Å². The highest BCUT2D eigenvalue weighted by atomic mass is 19.1. The zero-order valence-electron chi connectivity index (χ0n) is 20.9. The fraction of sp³-hybridized carbons (Fsp3) is 0.148. The molecule has 0 atom stereocenters. The van der Waals surface area contributed by atoms with Crippen molar-refractivity contribution in [3.63, 3.8) is 0 Å². The molecule has 38 heavy (non-hydrogen) atoms. The van der Waals surface area contributed by atoms with Gasteiger partial charge in [-0.3, -0.25) is 14.2 Å². The van der Waals surface area contributed by atoms with Gasteiger partial charge in [-0.15, -0.1) is 0 Å². The van der Waals surface area contributed by atoms with Gasteiger partial charge in [0.25, 0.3) is 5.56 Å². The lowest BCUT2D eigenvalue weighted by Crippen LogP contribution is -2.20. The van der Waals surface area contributed by atoms with E-state index >= 15 is 0 Å². The Morgan fingerprint density at radius 2 is 1.79 bits per heavy atom. The summed E-state index contributed by atoms with van der Waals surface area (Å²) in [5.41, 5.74) is 7.23. The summed E-state index contributed by atoms with van der Waals surface area (Å²) in [5.74, 6) is -0.461. The number of halogens is 2. The predicted molar refractivity (Wildman–Crippen MR) is 139 cm³/mol. The minimum Gasteiger partial charge on any atom is -0.505 e. The lowest BCUT2D eigenvalue weighted by atomic mass is 10.2. The van der Waals surface area contributed by atoms with E-state index in [1.807, 2.05) is 6.92 Å². The number of nitrogen functional groups attached to an aromatic ring is 1. The molecule has 2 aromatic heterocycles. The predicted octanol–water partition coefficient (Wildman–Crippen LogP) is 4.86. The van der Waals surface area contributed by atoms with Crippen molar-refractivity contribution >= 4 is 17.9 Å². The first-order valence-electron chi connectivity index (χ1n) is 11.4. The molecule has 0 radical (unpaired) electrons. The highest BCUT2D eigenvalue weighted by Crippen LogP contribution is 2.30. The van der Waals surface area contributed by atoms with Crippen LogP contribution in [0.15, 0.2) is 65.7 Å². The molecule has 0 aliphatic carbocycles. The molecule has 0 aliphatic heterocycles. The van der Waals surface area contributed by atoms with E-state index in [0.29, 0.717) is 52.8 Å². The molecule has 4 N–H and O–H groups in total. The van der Waals surface area contributed by atoms with Crippen molar-refractivity contribution in [2.75, 3.05) is 17.7 Å². The minimum atomic E-state index is -0.723. The Morgan fingerprint density at radius 3 is 2.45 bits per heavy atom. The lowest BCUT2D eigenvalue weighted by Gasteiger charge is -2.11. The molecular weight excluding hydrogens is 498 g/mol. The number of phenolic OH excluding ortho intramolecular Hbond substituents is 1. The molecule has 2 heterocycles. The fourth-order valence-electron chi connectivity index (χ4n) is 3.29. The van der Waals surface area contributed by atoms with Gasteiger partial charge in [0, 0.05) is 35.8 Å². The number of benzene rings is 2. The third-order valence-corrected chi connectivity index (χ3v) is 5.36. The topological polar surface area (TPSA) is 129 Å².